The van der Waals surface area contributed by atoms with Gasteiger partial charge in [-0.3, -0.25) is 0 Å². The Bertz CT molecular complexity index is 1090. The highest BCUT2D eigenvalue weighted by molar-refractivity contribution is 5.92. The molecule has 33 heavy (non-hydrogen) atoms. The number of ether oxygens (including phenoxy) is 5. The van der Waals surface area contributed by atoms with Gasteiger partial charge in [0.15, 0.2) is 0 Å². The molecule has 4 aliphatic carbocycles. The first-order chi connectivity index (χ1) is 15.8. The summed E-state index contributed by atoms with van der Waals surface area (Å²) >= 11 is 0. The average molecular weight is 455 g/mol. The lowest BCUT2D eigenvalue weighted by molar-refractivity contribution is -0.136. The van der Waals surface area contributed by atoms with E-state index in [1.54, 1.807) is 6.08 Å². The zero-order chi connectivity index (χ0) is 23.0. The van der Waals surface area contributed by atoms with Crippen LogP contribution in [0.1, 0.15) is 40.0 Å². The number of methoxy groups -OCH3 is 1. The van der Waals surface area contributed by atoms with Gasteiger partial charge in [0.25, 0.3) is 0 Å². The molecule has 7 nitrogen and oxygen atoms in total. The molecule has 0 amide bonds. The first-order valence-corrected chi connectivity index (χ1v) is 12.1. The number of hydrogen-bond donors (Lipinski definition) is 0. The standard InChI is InChI=1S/C26H30O7/c1-13(2)25-20(33-25)17-11-24(17)23(3)8-7-14-15(12-31-21(14)28)16(23)10-18-26(24,32-18)22(25)30-9-5-6-19(27)29-4/h5-6,10,13,16-17,20,22H,7-9,11-12H2,1-4H3. The minimum atomic E-state index is -0.485. The molecule has 0 aromatic rings. The van der Waals surface area contributed by atoms with Crippen LogP contribution < -0.4 is 0 Å². The molecule has 4 fully saturated rings. The van der Waals surface area contributed by atoms with E-state index in [9.17, 15) is 9.59 Å². The fourth-order valence-corrected chi connectivity index (χ4v) is 8.53. The smallest absolute Gasteiger partial charge is 0.334 e. The van der Waals surface area contributed by atoms with Crippen molar-refractivity contribution in [2.75, 3.05) is 20.3 Å². The van der Waals surface area contributed by atoms with Crippen molar-refractivity contribution in [2.45, 2.75) is 63.4 Å². The van der Waals surface area contributed by atoms with Gasteiger partial charge in [-0.1, -0.05) is 26.8 Å². The van der Waals surface area contributed by atoms with E-state index in [1.165, 1.54) is 13.2 Å². The lowest BCUT2D eigenvalue weighted by Crippen LogP contribution is -2.63. The maximum Gasteiger partial charge on any atom is 0.334 e. The van der Waals surface area contributed by atoms with E-state index < -0.39 is 11.6 Å². The Balaban J connectivity index is 1.31. The van der Waals surface area contributed by atoms with Gasteiger partial charge in [0.05, 0.1) is 19.8 Å². The Morgan fingerprint density at radius 3 is 2.94 bits per heavy atom. The van der Waals surface area contributed by atoms with Gasteiger partial charge in [0.2, 0.25) is 5.60 Å². The maximum absolute atomic E-state index is 12.3. The number of fused-ring (bicyclic) bond motifs is 4. The Morgan fingerprint density at radius 2 is 2.18 bits per heavy atom. The molecule has 8 unspecified atom stereocenters. The normalized spacial score (nSPS) is 49.6. The second kappa shape index (κ2) is 5.92. The number of allylic oxidation sites excluding steroid dienone is 1. The van der Waals surface area contributed by atoms with Gasteiger partial charge in [-0.15, -0.1) is 0 Å². The van der Waals surface area contributed by atoms with Gasteiger partial charge in [-0.2, -0.15) is 0 Å². The van der Waals surface area contributed by atoms with Crippen LogP contribution in [0.4, 0.5) is 0 Å². The Morgan fingerprint density at radius 1 is 1.36 bits per heavy atom. The van der Waals surface area contributed by atoms with E-state index in [1.807, 2.05) is 0 Å². The van der Waals surface area contributed by atoms with Gasteiger partial charge in [0.1, 0.15) is 24.1 Å². The second-order valence-electron chi connectivity index (χ2n) is 11.3. The molecular formula is C26H30O7. The van der Waals surface area contributed by atoms with Crippen molar-refractivity contribution in [3.63, 3.8) is 0 Å². The van der Waals surface area contributed by atoms with E-state index in [-0.39, 0.29) is 46.4 Å². The van der Waals surface area contributed by atoms with Crippen LogP contribution in [-0.4, -0.2) is 55.7 Å². The molecule has 176 valence electrons. The minimum Gasteiger partial charge on any atom is -0.476 e. The number of carbonyl (C=O) groups excluding carboxylic acids is 2. The molecule has 7 aliphatic rings. The fourth-order valence-electron chi connectivity index (χ4n) is 8.53. The monoisotopic (exact) mass is 454 g/mol. The summed E-state index contributed by atoms with van der Waals surface area (Å²) in [7, 11) is 1.36. The fraction of sp³-hybridized carbons (Fsp3) is 0.692. The summed E-state index contributed by atoms with van der Waals surface area (Å²) in [6.45, 7) is 7.48. The van der Waals surface area contributed by atoms with Crippen LogP contribution >= 0.6 is 0 Å². The predicted molar refractivity (Wildman–Crippen MR) is 115 cm³/mol. The predicted octanol–water partition coefficient (Wildman–Crippen LogP) is 2.85. The van der Waals surface area contributed by atoms with Crippen LogP contribution in [0, 0.1) is 28.6 Å². The molecule has 2 saturated carbocycles. The van der Waals surface area contributed by atoms with Crippen molar-refractivity contribution in [1.29, 1.82) is 0 Å². The maximum atomic E-state index is 12.3. The zero-order valence-electron chi connectivity index (χ0n) is 19.5. The van der Waals surface area contributed by atoms with Gasteiger partial charge in [-0.05, 0) is 48.2 Å². The Hall–Kier alpha value is -2.12. The van der Waals surface area contributed by atoms with Crippen molar-refractivity contribution in [2.24, 2.45) is 28.6 Å². The SMILES string of the molecule is COC(=O)C=CCOC1C2(C(C)C)OC2C2CC23C2(C)CCC4=C(COC4=O)C2C=C2OC213. The van der Waals surface area contributed by atoms with Crippen LogP contribution in [0.5, 0.6) is 0 Å². The molecule has 7 heteroatoms. The molecule has 8 atom stereocenters. The largest absolute Gasteiger partial charge is 0.476 e. The summed E-state index contributed by atoms with van der Waals surface area (Å²) in [5.74, 6) is 1.33. The Labute approximate surface area is 193 Å². The first kappa shape index (κ1) is 20.3. The summed E-state index contributed by atoms with van der Waals surface area (Å²) in [6.07, 6.45) is 8.06. The van der Waals surface area contributed by atoms with E-state index in [0.29, 0.717) is 19.1 Å². The minimum absolute atomic E-state index is 0.0387. The van der Waals surface area contributed by atoms with Crippen LogP contribution in [-0.2, 0) is 33.3 Å². The highest BCUT2D eigenvalue weighted by Gasteiger charge is 2.98. The van der Waals surface area contributed by atoms with E-state index in [2.05, 4.69) is 26.8 Å². The summed E-state index contributed by atoms with van der Waals surface area (Å²) in [4.78, 5) is 23.8. The topological polar surface area (TPSA) is 86.9 Å². The number of hydrogen-bond acceptors (Lipinski definition) is 7. The van der Waals surface area contributed by atoms with E-state index in [4.69, 9.17) is 23.7 Å². The van der Waals surface area contributed by atoms with Gasteiger partial charge in [0, 0.05) is 23.0 Å². The first-order valence-electron chi connectivity index (χ1n) is 12.1. The molecule has 3 aliphatic heterocycles. The summed E-state index contributed by atoms with van der Waals surface area (Å²) < 4.78 is 29.9. The molecule has 0 aromatic heterocycles. The van der Waals surface area contributed by atoms with Crippen molar-refractivity contribution in [3.05, 3.63) is 35.1 Å². The molecule has 3 heterocycles. The molecule has 2 saturated heterocycles. The highest BCUT2D eigenvalue weighted by Crippen LogP contribution is 2.90. The molecule has 7 rings (SSSR count). The highest BCUT2D eigenvalue weighted by atomic mass is 16.7. The molecule has 0 bridgehead atoms. The van der Waals surface area contributed by atoms with Gasteiger partial charge < -0.3 is 23.7 Å². The number of rotatable bonds is 5. The zero-order valence-corrected chi connectivity index (χ0v) is 19.5. The molecule has 2 spiro atoms. The van der Waals surface area contributed by atoms with Crippen molar-refractivity contribution in [1.82, 2.24) is 0 Å². The molecule has 0 aromatic carbocycles. The third-order valence-corrected chi connectivity index (χ3v) is 10.1. The van der Waals surface area contributed by atoms with Crippen LogP contribution in [0.25, 0.3) is 0 Å². The van der Waals surface area contributed by atoms with E-state index in [0.717, 1.165) is 36.2 Å². The summed E-state index contributed by atoms with van der Waals surface area (Å²) in [6, 6.07) is 0. The third kappa shape index (κ3) is 2.03. The van der Waals surface area contributed by atoms with Crippen LogP contribution in [0.2, 0.25) is 0 Å². The van der Waals surface area contributed by atoms with Crippen LogP contribution in [0.3, 0.4) is 0 Å². The molecule has 0 N–H and O–H groups in total. The lowest BCUT2D eigenvalue weighted by Gasteiger charge is -2.53. The van der Waals surface area contributed by atoms with Crippen molar-refractivity contribution in [3.8, 4) is 0 Å². The van der Waals surface area contributed by atoms with Crippen molar-refractivity contribution < 1.29 is 33.3 Å². The van der Waals surface area contributed by atoms with Crippen LogP contribution in [0.15, 0.2) is 35.1 Å². The number of epoxide rings is 2. The number of carbonyl (C=O) groups is 2. The quantitative estimate of drug-likeness (QED) is 0.359. The second-order valence-corrected chi connectivity index (χ2v) is 11.3. The lowest BCUT2D eigenvalue weighted by atomic mass is 9.47. The van der Waals surface area contributed by atoms with E-state index >= 15 is 0 Å². The van der Waals surface area contributed by atoms with Gasteiger partial charge in [-0.25, -0.2) is 9.59 Å². The van der Waals surface area contributed by atoms with Gasteiger partial charge >= 0.3 is 11.9 Å². The third-order valence-electron chi connectivity index (χ3n) is 10.1. The Kier molecular flexibility index (Phi) is 3.64. The van der Waals surface area contributed by atoms with Crippen molar-refractivity contribution >= 4 is 11.9 Å². The number of esters is 2. The summed E-state index contributed by atoms with van der Waals surface area (Å²) in [5, 5.41) is 0. The molecule has 0 radical (unpaired) electrons. The summed E-state index contributed by atoms with van der Waals surface area (Å²) in [5.41, 5.74) is 1.08. The average Bonchev–Trinajstić information content (AvgIpc) is 3.68. The molecular weight excluding hydrogens is 424 g/mol. The number of cyclic esters (lactones) is 1.